The predicted octanol–water partition coefficient (Wildman–Crippen LogP) is 0.846. The van der Waals surface area contributed by atoms with E-state index in [1.54, 1.807) is 0 Å². The molecule has 0 fully saturated rings. The first-order valence-corrected chi connectivity index (χ1v) is 3.42. The summed E-state index contributed by atoms with van der Waals surface area (Å²) in [7, 11) is 8.42. The monoisotopic (exact) mass is 130 g/mol. The third-order valence-electron chi connectivity index (χ3n) is 1.56. The van der Waals surface area contributed by atoms with E-state index >= 15 is 0 Å². The number of hydrogen-bond acceptors (Lipinski definition) is 2. The minimum absolute atomic E-state index is 0.588. The summed E-state index contributed by atoms with van der Waals surface area (Å²) in [6.45, 7) is 2.20. The Bertz CT molecular complexity index is 61.3. The van der Waals surface area contributed by atoms with Gasteiger partial charge in [-0.25, -0.2) is 0 Å². The molecule has 2 nitrogen and oxygen atoms in total. The molecule has 0 aromatic carbocycles. The van der Waals surface area contributed by atoms with Crippen molar-refractivity contribution in [1.82, 2.24) is 9.80 Å². The van der Waals surface area contributed by atoms with Crippen LogP contribution < -0.4 is 0 Å². The zero-order valence-electron chi connectivity index (χ0n) is 7.18. The Morgan fingerprint density at radius 1 is 1.00 bits per heavy atom. The molecule has 0 unspecified atom stereocenters. The zero-order valence-corrected chi connectivity index (χ0v) is 7.18. The molecule has 0 aromatic heterocycles. The lowest BCUT2D eigenvalue weighted by atomic mass is 10.3. The quantitative estimate of drug-likeness (QED) is 0.522. The van der Waals surface area contributed by atoms with Crippen molar-refractivity contribution in [2.45, 2.75) is 19.5 Å². The second kappa shape index (κ2) is 3.85. The Morgan fingerprint density at radius 3 is 1.33 bits per heavy atom. The van der Waals surface area contributed by atoms with Crippen LogP contribution in [0.15, 0.2) is 0 Å². The van der Waals surface area contributed by atoms with Crippen LogP contribution in [0.2, 0.25) is 0 Å². The Kier molecular flexibility index (Phi) is 3.82. The summed E-state index contributed by atoms with van der Waals surface area (Å²) >= 11 is 0. The van der Waals surface area contributed by atoms with Gasteiger partial charge in [0.25, 0.3) is 0 Å². The summed E-state index contributed by atoms with van der Waals surface area (Å²) in [5, 5.41) is 0. The van der Waals surface area contributed by atoms with Crippen molar-refractivity contribution >= 4 is 0 Å². The highest BCUT2D eigenvalue weighted by Crippen LogP contribution is 2.00. The van der Waals surface area contributed by atoms with Crippen molar-refractivity contribution in [1.29, 1.82) is 0 Å². The molecule has 0 aromatic rings. The van der Waals surface area contributed by atoms with Crippen molar-refractivity contribution in [2.24, 2.45) is 0 Å². The van der Waals surface area contributed by atoms with Crippen LogP contribution in [0.1, 0.15) is 13.3 Å². The van der Waals surface area contributed by atoms with Gasteiger partial charge in [-0.1, -0.05) is 6.92 Å². The van der Waals surface area contributed by atoms with Gasteiger partial charge in [0, 0.05) is 0 Å². The molecule has 0 aliphatic rings. The fourth-order valence-corrected chi connectivity index (χ4v) is 1.19. The largest absolute Gasteiger partial charge is 0.294 e. The Labute approximate surface area is 58.4 Å². The maximum atomic E-state index is 2.22. The van der Waals surface area contributed by atoms with E-state index in [9.17, 15) is 0 Å². The predicted molar refractivity (Wildman–Crippen MR) is 41.5 cm³/mol. The molecule has 0 N–H and O–H groups in total. The van der Waals surface area contributed by atoms with Crippen LogP contribution in [0.5, 0.6) is 0 Å². The summed E-state index contributed by atoms with van der Waals surface area (Å²) < 4.78 is 0. The molecular weight excluding hydrogens is 112 g/mol. The van der Waals surface area contributed by atoms with Crippen molar-refractivity contribution in [3.05, 3.63) is 0 Å². The summed E-state index contributed by atoms with van der Waals surface area (Å²) in [5.41, 5.74) is 0. The second-order valence-electron chi connectivity index (χ2n) is 2.82. The van der Waals surface area contributed by atoms with Crippen LogP contribution in [0.3, 0.4) is 0 Å². The van der Waals surface area contributed by atoms with Gasteiger partial charge >= 0.3 is 0 Å². The Morgan fingerprint density at radius 2 is 1.33 bits per heavy atom. The van der Waals surface area contributed by atoms with Gasteiger partial charge in [-0.2, -0.15) is 0 Å². The number of hydrogen-bond donors (Lipinski definition) is 0. The summed E-state index contributed by atoms with van der Waals surface area (Å²) in [6.07, 6.45) is 1.77. The van der Waals surface area contributed by atoms with Crippen molar-refractivity contribution in [2.75, 3.05) is 28.2 Å². The van der Waals surface area contributed by atoms with Crippen LogP contribution >= 0.6 is 0 Å². The first-order chi connectivity index (χ1) is 4.09. The molecule has 0 aliphatic heterocycles. The molecule has 0 bridgehead atoms. The number of nitrogens with zero attached hydrogens (tertiary/aromatic N) is 2. The van der Waals surface area contributed by atoms with Crippen molar-refractivity contribution < 1.29 is 0 Å². The SMILES string of the molecule is CCC(N(C)C)N(C)C. The van der Waals surface area contributed by atoms with E-state index in [0.717, 1.165) is 0 Å². The van der Waals surface area contributed by atoms with E-state index < -0.39 is 0 Å². The topological polar surface area (TPSA) is 6.48 Å². The molecular formula is C7H18N2. The first-order valence-electron chi connectivity index (χ1n) is 3.42. The average molecular weight is 130 g/mol. The van der Waals surface area contributed by atoms with E-state index in [2.05, 4.69) is 44.9 Å². The molecule has 9 heavy (non-hydrogen) atoms. The van der Waals surface area contributed by atoms with E-state index in [-0.39, 0.29) is 0 Å². The molecule has 0 saturated heterocycles. The molecule has 0 saturated carbocycles. The average Bonchev–Trinajstić information content (AvgIpc) is 1.64. The van der Waals surface area contributed by atoms with Crippen LogP contribution in [0, 0.1) is 0 Å². The van der Waals surface area contributed by atoms with Gasteiger partial charge in [-0.15, -0.1) is 0 Å². The van der Waals surface area contributed by atoms with E-state index in [0.29, 0.717) is 6.17 Å². The lowest BCUT2D eigenvalue weighted by molar-refractivity contribution is 0.125. The Balaban J connectivity index is 3.68. The van der Waals surface area contributed by atoms with Crippen LogP contribution in [-0.4, -0.2) is 44.2 Å². The van der Waals surface area contributed by atoms with Gasteiger partial charge in [0.15, 0.2) is 0 Å². The molecule has 0 rings (SSSR count). The highest BCUT2D eigenvalue weighted by atomic mass is 15.3. The molecule has 56 valence electrons. The molecule has 0 atom stereocenters. The highest BCUT2D eigenvalue weighted by molar-refractivity contribution is 4.58. The van der Waals surface area contributed by atoms with Crippen molar-refractivity contribution in [3.8, 4) is 0 Å². The lowest BCUT2D eigenvalue weighted by Gasteiger charge is -2.29. The third-order valence-corrected chi connectivity index (χ3v) is 1.56. The zero-order chi connectivity index (χ0) is 7.44. The summed E-state index contributed by atoms with van der Waals surface area (Å²) in [5.74, 6) is 0. The van der Waals surface area contributed by atoms with Gasteiger partial charge in [-0.05, 0) is 34.6 Å². The molecule has 2 heteroatoms. The summed E-state index contributed by atoms with van der Waals surface area (Å²) in [6, 6.07) is 0. The van der Waals surface area contributed by atoms with Crippen LogP contribution in [0.4, 0.5) is 0 Å². The first kappa shape index (κ1) is 8.92. The molecule has 0 amide bonds. The van der Waals surface area contributed by atoms with Gasteiger partial charge in [0.1, 0.15) is 0 Å². The van der Waals surface area contributed by atoms with E-state index in [4.69, 9.17) is 0 Å². The van der Waals surface area contributed by atoms with E-state index in [1.165, 1.54) is 6.42 Å². The molecule has 0 radical (unpaired) electrons. The fourth-order valence-electron chi connectivity index (χ4n) is 1.19. The maximum Gasteiger partial charge on any atom is 0.0609 e. The Hall–Kier alpha value is -0.0800. The van der Waals surface area contributed by atoms with Gasteiger partial charge in [0.05, 0.1) is 6.17 Å². The second-order valence-corrected chi connectivity index (χ2v) is 2.82. The molecule has 0 spiro atoms. The van der Waals surface area contributed by atoms with E-state index in [1.807, 2.05) is 0 Å². The standard InChI is InChI=1S/C7H18N2/c1-6-7(8(2)3)9(4)5/h7H,6H2,1-5H3. The fraction of sp³-hybridized carbons (Fsp3) is 1.00. The minimum Gasteiger partial charge on any atom is -0.294 e. The smallest absolute Gasteiger partial charge is 0.0609 e. The lowest BCUT2D eigenvalue weighted by Crippen LogP contribution is -2.39. The van der Waals surface area contributed by atoms with Crippen molar-refractivity contribution in [3.63, 3.8) is 0 Å². The maximum absolute atomic E-state index is 2.22. The van der Waals surface area contributed by atoms with Gasteiger partial charge in [-0.3, -0.25) is 9.80 Å². The number of rotatable bonds is 3. The van der Waals surface area contributed by atoms with Crippen LogP contribution in [-0.2, 0) is 0 Å². The summed E-state index contributed by atoms with van der Waals surface area (Å²) in [4.78, 5) is 4.44. The molecule has 0 heterocycles. The molecule has 0 aliphatic carbocycles. The van der Waals surface area contributed by atoms with Crippen LogP contribution in [0.25, 0.3) is 0 Å². The van der Waals surface area contributed by atoms with Gasteiger partial charge in [0.2, 0.25) is 0 Å². The normalized spacial score (nSPS) is 12.0. The van der Waals surface area contributed by atoms with Gasteiger partial charge < -0.3 is 0 Å². The minimum atomic E-state index is 0.588. The third kappa shape index (κ3) is 2.82. The highest BCUT2D eigenvalue weighted by Gasteiger charge is 2.08.